The van der Waals surface area contributed by atoms with Crippen LogP contribution in [-0.2, 0) is 4.79 Å². The number of carbonyl (C=O) groups excluding carboxylic acids is 2. The Kier molecular flexibility index (Phi) is 7.08. The summed E-state index contributed by atoms with van der Waals surface area (Å²) >= 11 is 0. The molecule has 0 atom stereocenters. The molecular weight excluding hydrogens is 407 g/mol. The number of rotatable bonds is 6. The van der Waals surface area contributed by atoms with E-state index >= 15 is 0 Å². The molecule has 2 heterocycles. The van der Waals surface area contributed by atoms with Crippen LogP contribution < -0.4 is 4.74 Å². The number of piperidine rings is 2. The van der Waals surface area contributed by atoms with Gasteiger partial charge < -0.3 is 14.5 Å². The summed E-state index contributed by atoms with van der Waals surface area (Å²) in [6, 6.07) is 15.3. The molecule has 6 heteroatoms. The van der Waals surface area contributed by atoms with Gasteiger partial charge in [0.15, 0.2) is 0 Å². The van der Waals surface area contributed by atoms with Gasteiger partial charge in [0.1, 0.15) is 11.6 Å². The molecule has 2 aromatic carbocycles. The van der Waals surface area contributed by atoms with Crippen molar-refractivity contribution in [3.8, 4) is 5.75 Å². The third kappa shape index (κ3) is 5.47. The summed E-state index contributed by atoms with van der Waals surface area (Å²) in [5, 5.41) is 0. The second-order valence-electron chi connectivity index (χ2n) is 9.02. The lowest BCUT2D eigenvalue weighted by molar-refractivity contribution is -0.136. The number of likely N-dealkylation sites (tertiary alicyclic amines) is 2. The van der Waals surface area contributed by atoms with Gasteiger partial charge in [-0.05, 0) is 68.5 Å². The van der Waals surface area contributed by atoms with Crippen LogP contribution in [0.5, 0.6) is 5.75 Å². The number of hydrogen-bond donors (Lipinski definition) is 0. The van der Waals surface area contributed by atoms with Crippen molar-refractivity contribution in [2.24, 2.45) is 5.41 Å². The zero-order valence-corrected chi connectivity index (χ0v) is 18.5. The summed E-state index contributed by atoms with van der Waals surface area (Å²) in [6.07, 6.45) is 5.12. The second kappa shape index (κ2) is 10.2. The summed E-state index contributed by atoms with van der Waals surface area (Å²) in [7, 11) is 0. The average Bonchev–Trinajstić information content (AvgIpc) is 2.85. The van der Waals surface area contributed by atoms with Crippen LogP contribution in [-0.4, -0.2) is 54.4 Å². The second-order valence-corrected chi connectivity index (χ2v) is 9.02. The predicted molar refractivity (Wildman–Crippen MR) is 121 cm³/mol. The SMILES string of the molecule is O=C(CC1(COc2ccc(F)cc2)CCN(C(=O)c2ccccc2)CC1)N1CCCCC1. The maximum atomic E-state index is 13.3. The Morgan fingerprint density at radius 3 is 2.16 bits per heavy atom. The minimum absolute atomic E-state index is 0.0287. The van der Waals surface area contributed by atoms with Gasteiger partial charge in [-0.25, -0.2) is 4.39 Å². The maximum Gasteiger partial charge on any atom is 0.253 e. The topological polar surface area (TPSA) is 49.9 Å². The van der Waals surface area contributed by atoms with Gasteiger partial charge in [0, 0.05) is 43.6 Å². The molecule has 4 rings (SSSR count). The van der Waals surface area contributed by atoms with E-state index in [9.17, 15) is 14.0 Å². The first-order valence-corrected chi connectivity index (χ1v) is 11.6. The van der Waals surface area contributed by atoms with E-state index in [1.807, 2.05) is 40.1 Å². The Bertz CT molecular complexity index is 902. The molecule has 2 fully saturated rings. The molecule has 0 radical (unpaired) electrons. The standard InChI is InChI=1S/C26H31FN2O3/c27-22-9-11-23(12-10-22)32-20-26(19-24(30)28-15-5-2-6-16-28)13-17-29(18-14-26)25(31)21-7-3-1-4-8-21/h1,3-4,7-12H,2,5-6,13-20H2. The van der Waals surface area contributed by atoms with E-state index < -0.39 is 0 Å². The van der Waals surface area contributed by atoms with Gasteiger partial charge >= 0.3 is 0 Å². The van der Waals surface area contributed by atoms with E-state index in [1.54, 1.807) is 12.1 Å². The molecule has 5 nitrogen and oxygen atoms in total. The molecular formula is C26H31FN2O3. The number of hydrogen-bond acceptors (Lipinski definition) is 3. The van der Waals surface area contributed by atoms with Gasteiger partial charge in [-0.1, -0.05) is 18.2 Å². The van der Waals surface area contributed by atoms with Gasteiger partial charge in [-0.3, -0.25) is 9.59 Å². The van der Waals surface area contributed by atoms with Crippen LogP contribution in [0.3, 0.4) is 0 Å². The van der Waals surface area contributed by atoms with Crippen LogP contribution >= 0.6 is 0 Å². The van der Waals surface area contributed by atoms with Crippen LogP contribution in [0.2, 0.25) is 0 Å². The minimum atomic E-state index is -0.337. The van der Waals surface area contributed by atoms with Crippen LogP contribution in [0.25, 0.3) is 0 Å². The summed E-state index contributed by atoms with van der Waals surface area (Å²) < 4.78 is 19.3. The summed E-state index contributed by atoms with van der Waals surface area (Å²) in [4.78, 5) is 29.8. The Morgan fingerprint density at radius 2 is 1.50 bits per heavy atom. The normalized spacial score (nSPS) is 18.3. The van der Waals surface area contributed by atoms with Crippen LogP contribution in [0.1, 0.15) is 48.9 Å². The highest BCUT2D eigenvalue weighted by molar-refractivity contribution is 5.94. The number of ether oxygens (including phenoxy) is 1. The first-order valence-electron chi connectivity index (χ1n) is 11.6. The Balaban J connectivity index is 1.44. The number of carbonyl (C=O) groups is 2. The quantitative estimate of drug-likeness (QED) is 0.666. The Hall–Kier alpha value is -2.89. The zero-order chi connectivity index (χ0) is 22.4. The molecule has 32 heavy (non-hydrogen) atoms. The lowest BCUT2D eigenvalue weighted by Gasteiger charge is -2.42. The molecule has 2 aliphatic heterocycles. The van der Waals surface area contributed by atoms with Gasteiger partial charge in [0.05, 0.1) is 6.61 Å². The van der Waals surface area contributed by atoms with Gasteiger partial charge in [0.2, 0.25) is 5.91 Å². The van der Waals surface area contributed by atoms with Crippen molar-refractivity contribution in [1.82, 2.24) is 9.80 Å². The number of halogens is 1. The van der Waals surface area contributed by atoms with Crippen LogP contribution in [0, 0.1) is 11.2 Å². The van der Waals surface area contributed by atoms with Crippen molar-refractivity contribution in [2.75, 3.05) is 32.8 Å². The molecule has 170 valence electrons. The Morgan fingerprint density at radius 1 is 0.844 bits per heavy atom. The first-order chi connectivity index (χ1) is 15.5. The van der Waals surface area contributed by atoms with E-state index in [4.69, 9.17) is 4.74 Å². The highest BCUT2D eigenvalue weighted by Gasteiger charge is 2.40. The maximum absolute atomic E-state index is 13.3. The van der Waals surface area contributed by atoms with Crippen molar-refractivity contribution < 1.29 is 18.7 Å². The van der Waals surface area contributed by atoms with Gasteiger partial charge in [0.25, 0.3) is 5.91 Å². The monoisotopic (exact) mass is 438 g/mol. The fraction of sp³-hybridized carbons (Fsp3) is 0.462. The van der Waals surface area contributed by atoms with Crippen LogP contribution in [0.4, 0.5) is 4.39 Å². The molecule has 0 N–H and O–H groups in total. The number of amides is 2. The van der Waals surface area contributed by atoms with E-state index in [-0.39, 0.29) is 23.0 Å². The van der Waals surface area contributed by atoms with Crippen molar-refractivity contribution in [3.63, 3.8) is 0 Å². The largest absolute Gasteiger partial charge is 0.493 e. The molecule has 0 saturated carbocycles. The third-order valence-corrected chi connectivity index (χ3v) is 6.73. The predicted octanol–water partition coefficient (Wildman–Crippen LogP) is 4.53. The van der Waals surface area contributed by atoms with Crippen LogP contribution in [0.15, 0.2) is 54.6 Å². The van der Waals surface area contributed by atoms with E-state index in [1.165, 1.54) is 18.6 Å². The fourth-order valence-electron chi connectivity index (χ4n) is 4.66. The molecule has 2 aliphatic rings. The number of nitrogens with zero attached hydrogens (tertiary/aromatic N) is 2. The molecule has 2 aromatic rings. The van der Waals surface area contributed by atoms with Crippen molar-refractivity contribution in [2.45, 2.75) is 38.5 Å². The lowest BCUT2D eigenvalue weighted by Crippen LogP contribution is -2.48. The summed E-state index contributed by atoms with van der Waals surface area (Å²) in [6.45, 7) is 3.21. The highest BCUT2D eigenvalue weighted by Crippen LogP contribution is 2.37. The zero-order valence-electron chi connectivity index (χ0n) is 18.5. The third-order valence-electron chi connectivity index (χ3n) is 6.73. The highest BCUT2D eigenvalue weighted by atomic mass is 19.1. The van der Waals surface area contributed by atoms with Crippen molar-refractivity contribution in [3.05, 3.63) is 66.0 Å². The molecule has 0 bridgehead atoms. The summed E-state index contributed by atoms with van der Waals surface area (Å²) in [5.41, 5.74) is 0.350. The smallest absolute Gasteiger partial charge is 0.253 e. The lowest BCUT2D eigenvalue weighted by atomic mass is 9.75. The van der Waals surface area contributed by atoms with Gasteiger partial charge in [-0.2, -0.15) is 0 Å². The van der Waals surface area contributed by atoms with E-state index in [2.05, 4.69) is 0 Å². The fourth-order valence-corrected chi connectivity index (χ4v) is 4.66. The summed E-state index contributed by atoms with van der Waals surface area (Å²) in [5.74, 6) is 0.496. The molecule has 2 saturated heterocycles. The van der Waals surface area contributed by atoms with E-state index in [0.29, 0.717) is 50.3 Å². The molecule has 0 aromatic heterocycles. The molecule has 0 spiro atoms. The van der Waals surface area contributed by atoms with Crippen molar-refractivity contribution in [1.29, 1.82) is 0 Å². The minimum Gasteiger partial charge on any atom is -0.493 e. The molecule has 0 unspecified atom stereocenters. The molecule has 2 amide bonds. The molecule has 0 aliphatic carbocycles. The van der Waals surface area contributed by atoms with E-state index in [0.717, 1.165) is 25.9 Å². The number of benzene rings is 2. The van der Waals surface area contributed by atoms with Gasteiger partial charge in [-0.15, -0.1) is 0 Å². The average molecular weight is 439 g/mol. The van der Waals surface area contributed by atoms with Crippen molar-refractivity contribution >= 4 is 11.8 Å². The first kappa shape index (κ1) is 22.3. The Labute approximate surface area is 189 Å².